The van der Waals surface area contributed by atoms with E-state index >= 15 is 0 Å². The summed E-state index contributed by atoms with van der Waals surface area (Å²) in [6.07, 6.45) is -0.989. The van der Waals surface area contributed by atoms with Gasteiger partial charge in [0.15, 0.2) is 6.23 Å². The minimum atomic E-state index is -1.25. The topological polar surface area (TPSA) is 85.8 Å². The third kappa shape index (κ3) is 4.02. The van der Waals surface area contributed by atoms with Crippen LogP contribution in [-0.2, 0) is 11.3 Å². The summed E-state index contributed by atoms with van der Waals surface area (Å²) < 4.78 is 0.798. The van der Waals surface area contributed by atoms with Gasteiger partial charge in [-0.3, -0.25) is 9.59 Å². The number of pyridine rings is 1. The Hall–Kier alpha value is -2.45. The van der Waals surface area contributed by atoms with Crippen molar-refractivity contribution in [2.24, 2.45) is 0 Å². The molecular formula is C20H23BrN4O3. The van der Waals surface area contributed by atoms with E-state index in [9.17, 15) is 14.7 Å². The SMILES string of the molecule is CCC(=O)N[C@@H](c1cccc(N(C)C)n1)[C@@H](O)N1Cc2ccc(Br)cc2C1=O. The Morgan fingerprint density at radius 1 is 1.36 bits per heavy atom. The first-order valence-electron chi connectivity index (χ1n) is 9.03. The van der Waals surface area contributed by atoms with Crippen LogP contribution in [-0.4, -0.2) is 47.1 Å². The van der Waals surface area contributed by atoms with E-state index in [-0.39, 0.29) is 24.8 Å². The second kappa shape index (κ2) is 8.28. The predicted octanol–water partition coefficient (Wildman–Crippen LogP) is 2.45. The second-order valence-electron chi connectivity index (χ2n) is 6.86. The van der Waals surface area contributed by atoms with E-state index in [0.717, 1.165) is 10.0 Å². The molecule has 28 heavy (non-hydrogen) atoms. The fourth-order valence-corrected chi connectivity index (χ4v) is 3.49. The van der Waals surface area contributed by atoms with Gasteiger partial charge in [0, 0.05) is 37.1 Å². The Balaban J connectivity index is 1.94. The van der Waals surface area contributed by atoms with Crippen LogP contribution >= 0.6 is 15.9 Å². The number of fused-ring (bicyclic) bond motifs is 1. The molecule has 0 bridgehead atoms. The molecule has 0 radical (unpaired) electrons. The molecule has 7 nitrogen and oxygen atoms in total. The molecule has 0 aliphatic carbocycles. The number of carbonyl (C=O) groups is 2. The summed E-state index contributed by atoms with van der Waals surface area (Å²) in [6, 6.07) is 10.0. The van der Waals surface area contributed by atoms with Gasteiger partial charge >= 0.3 is 0 Å². The molecule has 3 rings (SSSR count). The molecule has 1 aliphatic heterocycles. The van der Waals surface area contributed by atoms with Gasteiger partial charge in [0.05, 0.1) is 5.69 Å². The van der Waals surface area contributed by atoms with Gasteiger partial charge in [-0.05, 0) is 29.8 Å². The zero-order valence-electron chi connectivity index (χ0n) is 16.0. The molecular weight excluding hydrogens is 424 g/mol. The van der Waals surface area contributed by atoms with Crippen LogP contribution in [0.1, 0.15) is 41.0 Å². The number of benzene rings is 1. The van der Waals surface area contributed by atoms with Crippen LogP contribution in [0.25, 0.3) is 0 Å². The minimum absolute atomic E-state index is 0.229. The van der Waals surface area contributed by atoms with Gasteiger partial charge < -0.3 is 20.2 Å². The number of hydrogen-bond acceptors (Lipinski definition) is 5. The number of rotatable bonds is 6. The highest BCUT2D eigenvalue weighted by Crippen LogP contribution is 2.30. The first-order valence-corrected chi connectivity index (χ1v) is 9.82. The molecule has 2 amide bonds. The second-order valence-corrected chi connectivity index (χ2v) is 7.78. The number of halogens is 1. The largest absolute Gasteiger partial charge is 0.371 e. The lowest BCUT2D eigenvalue weighted by atomic mass is 10.1. The molecule has 1 aromatic heterocycles. The Bertz CT molecular complexity index is 903. The van der Waals surface area contributed by atoms with Crippen molar-refractivity contribution in [1.29, 1.82) is 0 Å². The lowest BCUT2D eigenvalue weighted by Gasteiger charge is -2.31. The van der Waals surface area contributed by atoms with Crippen LogP contribution in [0.15, 0.2) is 40.9 Å². The summed E-state index contributed by atoms with van der Waals surface area (Å²) in [5, 5.41) is 13.9. The molecule has 8 heteroatoms. The minimum Gasteiger partial charge on any atom is -0.371 e. The molecule has 0 saturated heterocycles. The summed E-state index contributed by atoms with van der Waals surface area (Å²) >= 11 is 3.37. The number of aromatic nitrogens is 1. The van der Waals surface area contributed by atoms with E-state index < -0.39 is 12.3 Å². The number of aliphatic hydroxyl groups is 1. The first-order chi connectivity index (χ1) is 13.3. The summed E-state index contributed by atoms with van der Waals surface area (Å²) in [7, 11) is 3.72. The molecule has 0 spiro atoms. The van der Waals surface area contributed by atoms with Crippen molar-refractivity contribution in [1.82, 2.24) is 15.2 Å². The lowest BCUT2D eigenvalue weighted by Crippen LogP contribution is -2.46. The Labute approximate surface area is 172 Å². The van der Waals surface area contributed by atoms with Crippen LogP contribution in [0.2, 0.25) is 0 Å². The number of nitrogens with one attached hydrogen (secondary N) is 1. The van der Waals surface area contributed by atoms with Gasteiger partial charge in [0.1, 0.15) is 11.9 Å². The number of nitrogens with zero attached hydrogens (tertiary/aromatic N) is 3. The van der Waals surface area contributed by atoms with Gasteiger partial charge in [-0.1, -0.05) is 35.0 Å². The third-order valence-corrected chi connectivity index (χ3v) is 5.18. The smallest absolute Gasteiger partial charge is 0.256 e. The summed E-state index contributed by atoms with van der Waals surface area (Å²) in [4.78, 5) is 32.7. The normalized spacial score (nSPS) is 15.2. The van der Waals surface area contributed by atoms with Crippen LogP contribution in [0.5, 0.6) is 0 Å². The van der Waals surface area contributed by atoms with Gasteiger partial charge in [-0.2, -0.15) is 0 Å². The number of aliphatic hydroxyl groups excluding tert-OH is 1. The molecule has 0 saturated carbocycles. The van der Waals surface area contributed by atoms with Crippen LogP contribution in [0.3, 0.4) is 0 Å². The molecule has 0 unspecified atom stereocenters. The zero-order valence-corrected chi connectivity index (χ0v) is 17.6. The van der Waals surface area contributed by atoms with Crippen molar-refractivity contribution in [3.8, 4) is 0 Å². The third-order valence-electron chi connectivity index (χ3n) is 4.69. The van der Waals surface area contributed by atoms with E-state index in [2.05, 4.69) is 26.2 Å². The summed E-state index contributed by atoms with van der Waals surface area (Å²) in [6.45, 7) is 2.01. The summed E-state index contributed by atoms with van der Waals surface area (Å²) in [5.41, 5.74) is 1.87. The van der Waals surface area contributed by atoms with Crippen LogP contribution in [0.4, 0.5) is 5.82 Å². The van der Waals surface area contributed by atoms with E-state index in [0.29, 0.717) is 17.1 Å². The van der Waals surface area contributed by atoms with Crippen molar-refractivity contribution in [2.45, 2.75) is 32.2 Å². The standard InChI is InChI=1S/C20H23BrN4O3/c1-4-17(26)23-18(15-6-5-7-16(22-15)24(2)3)20(28)25-11-12-8-9-13(21)10-14(12)19(25)27/h5-10,18,20,28H,4,11H2,1-3H3,(H,23,26)/t18-,20+/m0/s1. The molecule has 1 aliphatic rings. The fourth-order valence-electron chi connectivity index (χ4n) is 3.13. The van der Waals surface area contributed by atoms with E-state index in [1.54, 1.807) is 19.1 Å². The van der Waals surface area contributed by atoms with Crippen molar-refractivity contribution >= 4 is 33.6 Å². The Morgan fingerprint density at radius 3 is 2.79 bits per heavy atom. The maximum absolute atomic E-state index is 12.9. The molecule has 2 heterocycles. The van der Waals surface area contributed by atoms with E-state index in [1.165, 1.54) is 4.90 Å². The molecule has 1 aromatic carbocycles. The lowest BCUT2D eigenvalue weighted by molar-refractivity contribution is -0.123. The van der Waals surface area contributed by atoms with E-state index in [4.69, 9.17) is 0 Å². The van der Waals surface area contributed by atoms with Crippen molar-refractivity contribution in [3.63, 3.8) is 0 Å². The number of amides is 2. The number of carbonyl (C=O) groups excluding carboxylic acids is 2. The van der Waals surface area contributed by atoms with E-state index in [1.807, 2.05) is 43.3 Å². The predicted molar refractivity (Wildman–Crippen MR) is 110 cm³/mol. The maximum atomic E-state index is 12.9. The summed E-state index contributed by atoms with van der Waals surface area (Å²) in [5.74, 6) is 0.191. The monoisotopic (exact) mass is 446 g/mol. The zero-order chi connectivity index (χ0) is 20.4. The fraction of sp³-hybridized carbons (Fsp3) is 0.350. The quantitative estimate of drug-likeness (QED) is 0.711. The van der Waals surface area contributed by atoms with Gasteiger partial charge in [-0.25, -0.2) is 4.98 Å². The Kier molecular flexibility index (Phi) is 6.00. The maximum Gasteiger partial charge on any atom is 0.256 e. The number of hydrogen-bond donors (Lipinski definition) is 2. The van der Waals surface area contributed by atoms with Crippen LogP contribution in [0, 0.1) is 0 Å². The van der Waals surface area contributed by atoms with Crippen molar-refractivity contribution in [3.05, 3.63) is 57.7 Å². The molecule has 2 atom stereocenters. The Morgan fingerprint density at radius 2 is 2.11 bits per heavy atom. The molecule has 2 aromatic rings. The van der Waals surface area contributed by atoms with Crippen molar-refractivity contribution in [2.75, 3.05) is 19.0 Å². The van der Waals surface area contributed by atoms with Gasteiger partial charge in [0.25, 0.3) is 5.91 Å². The highest BCUT2D eigenvalue weighted by molar-refractivity contribution is 9.10. The molecule has 148 valence electrons. The first kappa shape index (κ1) is 20.3. The highest BCUT2D eigenvalue weighted by atomic mass is 79.9. The van der Waals surface area contributed by atoms with Crippen molar-refractivity contribution < 1.29 is 14.7 Å². The average Bonchev–Trinajstić information content (AvgIpc) is 3.01. The van der Waals surface area contributed by atoms with Crippen LogP contribution < -0.4 is 10.2 Å². The average molecular weight is 447 g/mol. The molecule has 2 N–H and O–H groups in total. The van der Waals surface area contributed by atoms with Gasteiger partial charge in [-0.15, -0.1) is 0 Å². The van der Waals surface area contributed by atoms with Gasteiger partial charge in [0.2, 0.25) is 5.91 Å². The number of anilines is 1. The highest BCUT2D eigenvalue weighted by Gasteiger charge is 2.37. The molecule has 0 fully saturated rings.